The maximum absolute atomic E-state index is 5.43. The van der Waals surface area contributed by atoms with Gasteiger partial charge in [-0.2, -0.15) is 0 Å². The van der Waals surface area contributed by atoms with Gasteiger partial charge in [-0.25, -0.2) is 0 Å². The van der Waals surface area contributed by atoms with Gasteiger partial charge in [-0.1, -0.05) is 0 Å². The molecule has 2 heteroatoms. The van der Waals surface area contributed by atoms with Gasteiger partial charge >= 0.3 is 0 Å². The van der Waals surface area contributed by atoms with Crippen molar-refractivity contribution in [3.8, 4) is 0 Å². The Balaban J connectivity index is 2.09. The van der Waals surface area contributed by atoms with Crippen LogP contribution in [0.1, 0.15) is 6.42 Å². The summed E-state index contributed by atoms with van der Waals surface area (Å²) in [7, 11) is 0. The number of fused-ring (bicyclic) bond motifs is 4. The molecule has 2 atom stereocenters. The van der Waals surface area contributed by atoms with Crippen molar-refractivity contribution in [1.82, 2.24) is 0 Å². The van der Waals surface area contributed by atoms with Crippen molar-refractivity contribution in [2.45, 2.75) is 6.42 Å². The lowest BCUT2D eigenvalue weighted by molar-refractivity contribution is 0.172. The molecule has 0 N–H and O–H groups in total. The summed E-state index contributed by atoms with van der Waals surface area (Å²) >= 11 is 0. The molecule has 1 aliphatic carbocycles. The highest BCUT2D eigenvalue weighted by atomic mass is 16.5. The molecule has 3 rings (SSSR count). The number of hydrogen-bond acceptors (Lipinski definition) is 2. The first-order valence-corrected chi connectivity index (χ1v) is 4.24. The number of rotatable bonds is 0. The van der Waals surface area contributed by atoms with Crippen LogP contribution in [0.4, 0.5) is 0 Å². The minimum Gasteiger partial charge on any atom is -0.376 e. The van der Waals surface area contributed by atoms with Crippen molar-refractivity contribution in [3.05, 3.63) is 11.1 Å². The lowest BCUT2D eigenvalue weighted by Gasteiger charge is -2.15. The van der Waals surface area contributed by atoms with Crippen LogP contribution in [-0.4, -0.2) is 26.0 Å². The van der Waals surface area contributed by atoms with Crippen LogP contribution in [-0.2, 0) is 4.74 Å². The standard InChI is InChI=1S/C9H11NO/c1-6-2-10-3-7(1)9-5-11-4-8(6)9/h2,7,9H,1,3-5H2. The molecule has 0 radical (unpaired) electrons. The molecule has 0 aromatic carbocycles. The largest absolute Gasteiger partial charge is 0.376 e. The maximum atomic E-state index is 5.43. The van der Waals surface area contributed by atoms with Gasteiger partial charge in [0.2, 0.25) is 0 Å². The third-order valence-corrected chi connectivity index (χ3v) is 3.05. The van der Waals surface area contributed by atoms with E-state index in [2.05, 4.69) is 11.2 Å². The van der Waals surface area contributed by atoms with E-state index in [1.165, 1.54) is 12.0 Å². The van der Waals surface area contributed by atoms with E-state index in [0.29, 0.717) is 0 Å². The SMILES string of the molecule is C1=NCC2CC1=C1COCC12. The topological polar surface area (TPSA) is 21.6 Å². The smallest absolute Gasteiger partial charge is 0.0686 e. The molecule has 2 nitrogen and oxygen atoms in total. The van der Waals surface area contributed by atoms with Gasteiger partial charge in [0.25, 0.3) is 0 Å². The quantitative estimate of drug-likeness (QED) is 0.504. The Labute approximate surface area is 66.0 Å². The van der Waals surface area contributed by atoms with Crippen LogP contribution in [0.5, 0.6) is 0 Å². The Morgan fingerprint density at radius 2 is 2.55 bits per heavy atom. The summed E-state index contributed by atoms with van der Waals surface area (Å²) in [4.78, 5) is 4.35. The van der Waals surface area contributed by atoms with E-state index in [4.69, 9.17) is 4.74 Å². The van der Waals surface area contributed by atoms with Gasteiger partial charge in [0.1, 0.15) is 0 Å². The molecule has 0 spiro atoms. The zero-order valence-corrected chi connectivity index (χ0v) is 6.42. The molecule has 1 fully saturated rings. The second-order valence-electron chi connectivity index (χ2n) is 3.63. The van der Waals surface area contributed by atoms with Crippen LogP contribution in [0, 0.1) is 11.8 Å². The first-order valence-electron chi connectivity index (χ1n) is 4.24. The van der Waals surface area contributed by atoms with E-state index in [-0.39, 0.29) is 0 Å². The summed E-state index contributed by atoms with van der Waals surface area (Å²) in [5.41, 5.74) is 3.03. The summed E-state index contributed by atoms with van der Waals surface area (Å²) in [6.07, 6.45) is 3.33. The van der Waals surface area contributed by atoms with Crippen molar-refractivity contribution in [2.24, 2.45) is 16.8 Å². The summed E-state index contributed by atoms with van der Waals surface area (Å²) < 4.78 is 5.43. The Kier molecular flexibility index (Phi) is 1.05. The van der Waals surface area contributed by atoms with Crippen molar-refractivity contribution >= 4 is 6.21 Å². The van der Waals surface area contributed by atoms with E-state index < -0.39 is 0 Å². The normalized spacial score (nSPS) is 40.0. The van der Waals surface area contributed by atoms with E-state index >= 15 is 0 Å². The lowest BCUT2D eigenvalue weighted by atomic mass is 9.93. The van der Waals surface area contributed by atoms with Gasteiger partial charge in [-0.15, -0.1) is 0 Å². The predicted octanol–water partition coefficient (Wildman–Crippen LogP) is 1.03. The van der Waals surface area contributed by atoms with Gasteiger partial charge in [0.05, 0.1) is 13.2 Å². The highest BCUT2D eigenvalue weighted by Gasteiger charge is 2.38. The Hall–Kier alpha value is -0.630. The van der Waals surface area contributed by atoms with Gasteiger partial charge in [0.15, 0.2) is 0 Å². The van der Waals surface area contributed by atoms with Gasteiger partial charge < -0.3 is 4.74 Å². The van der Waals surface area contributed by atoms with E-state index in [9.17, 15) is 0 Å². The Morgan fingerprint density at radius 1 is 1.55 bits per heavy atom. The van der Waals surface area contributed by atoms with Gasteiger partial charge in [0, 0.05) is 18.7 Å². The molecule has 0 saturated carbocycles. The molecule has 3 aliphatic rings. The predicted molar refractivity (Wildman–Crippen MR) is 42.8 cm³/mol. The van der Waals surface area contributed by atoms with Gasteiger partial charge in [-0.05, 0) is 23.5 Å². The average molecular weight is 149 g/mol. The van der Waals surface area contributed by atoms with Crippen LogP contribution in [0.2, 0.25) is 0 Å². The number of nitrogens with zero attached hydrogens (tertiary/aromatic N) is 1. The average Bonchev–Trinajstić information content (AvgIpc) is 2.58. The lowest BCUT2D eigenvalue weighted by Crippen LogP contribution is -2.15. The third-order valence-electron chi connectivity index (χ3n) is 3.05. The van der Waals surface area contributed by atoms with Crippen LogP contribution in [0.15, 0.2) is 16.1 Å². The number of hydrogen-bond donors (Lipinski definition) is 0. The highest BCUT2D eigenvalue weighted by molar-refractivity contribution is 5.82. The van der Waals surface area contributed by atoms with E-state index in [1.807, 2.05) is 0 Å². The third kappa shape index (κ3) is 0.679. The fourth-order valence-corrected chi connectivity index (χ4v) is 2.44. The molecule has 58 valence electrons. The first kappa shape index (κ1) is 5.95. The van der Waals surface area contributed by atoms with Crippen LogP contribution in [0.25, 0.3) is 0 Å². The molecule has 0 amide bonds. The monoisotopic (exact) mass is 149 g/mol. The van der Waals surface area contributed by atoms with E-state index in [0.717, 1.165) is 31.6 Å². The van der Waals surface area contributed by atoms with Crippen LogP contribution >= 0.6 is 0 Å². The molecule has 2 unspecified atom stereocenters. The Morgan fingerprint density at radius 3 is 3.55 bits per heavy atom. The molecule has 2 bridgehead atoms. The van der Waals surface area contributed by atoms with Crippen molar-refractivity contribution in [2.75, 3.05) is 19.8 Å². The number of allylic oxidation sites excluding steroid dienone is 1. The molecule has 2 heterocycles. The maximum Gasteiger partial charge on any atom is 0.0686 e. The van der Waals surface area contributed by atoms with Gasteiger partial charge in [-0.3, -0.25) is 4.99 Å². The van der Waals surface area contributed by atoms with Crippen LogP contribution < -0.4 is 0 Å². The molecular weight excluding hydrogens is 138 g/mol. The molecule has 2 aliphatic heterocycles. The fourth-order valence-electron chi connectivity index (χ4n) is 2.44. The molecule has 11 heavy (non-hydrogen) atoms. The Bertz CT molecular complexity index is 254. The zero-order valence-electron chi connectivity index (χ0n) is 6.42. The zero-order chi connectivity index (χ0) is 7.26. The molecular formula is C9H11NO. The fraction of sp³-hybridized carbons (Fsp3) is 0.667. The summed E-state index contributed by atoms with van der Waals surface area (Å²) in [5.74, 6) is 1.51. The molecule has 0 aromatic rings. The van der Waals surface area contributed by atoms with Crippen LogP contribution in [0.3, 0.4) is 0 Å². The minimum absolute atomic E-state index is 0.729. The summed E-state index contributed by atoms with van der Waals surface area (Å²) in [6.45, 7) is 2.86. The second kappa shape index (κ2) is 1.95. The highest BCUT2D eigenvalue weighted by Crippen LogP contribution is 2.42. The second-order valence-corrected chi connectivity index (χ2v) is 3.63. The van der Waals surface area contributed by atoms with Crippen molar-refractivity contribution in [1.29, 1.82) is 0 Å². The number of aliphatic imine (C=N–C) groups is 1. The molecule has 0 aromatic heterocycles. The van der Waals surface area contributed by atoms with Crippen molar-refractivity contribution in [3.63, 3.8) is 0 Å². The van der Waals surface area contributed by atoms with Crippen molar-refractivity contribution < 1.29 is 4.74 Å². The number of ether oxygens (including phenoxy) is 1. The van der Waals surface area contributed by atoms with E-state index in [1.54, 1.807) is 5.57 Å². The molecule has 1 saturated heterocycles. The first-order chi connectivity index (χ1) is 5.45. The summed E-state index contributed by atoms with van der Waals surface area (Å²) in [6, 6.07) is 0. The minimum atomic E-state index is 0.729. The summed E-state index contributed by atoms with van der Waals surface area (Å²) in [5, 5.41) is 0.